The third-order valence-corrected chi connectivity index (χ3v) is 1.33. The smallest absolute Gasteiger partial charge is 0.0945 e. The van der Waals surface area contributed by atoms with Crippen molar-refractivity contribution < 1.29 is 17.1 Å². The molecule has 0 radical (unpaired) electrons. The van der Waals surface area contributed by atoms with Gasteiger partial charge in [0.25, 0.3) is 0 Å². The van der Waals surface area contributed by atoms with Crippen LogP contribution in [0, 0.1) is 0 Å². The number of rotatable bonds is 3. The van der Waals surface area contributed by atoms with Gasteiger partial charge in [-0.3, -0.25) is 0 Å². The normalized spacial score (nSPS) is 6.36. The molecule has 1 aromatic heterocycles. The van der Waals surface area contributed by atoms with E-state index in [0.717, 1.165) is 6.54 Å². The summed E-state index contributed by atoms with van der Waals surface area (Å²) in [6, 6.07) is 0. The molecule has 7 heteroatoms. The van der Waals surface area contributed by atoms with Crippen molar-refractivity contribution in [1.82, 2.24) is 9.55 Å². The third-order valence-electron chi connectivity index (χ3n) is 1.33. The molecule has 1 aromatic rings. The third kappa shape index (κ3) is 12.9. The molecule has 1 heterocycles. The van der Waals surface area contributed by atoms with Crippen molar-refractivity contribution in [3.63, 3.8) is 0 Å². The van der Waals surface area contributed by atoms with Gasteiger partial charge in [-0.15, -0.1) is 49.6 Å². The molecule has 2 nitrogen and oxygen atoms in total. The monoisotopic (exact) mass is 324 g/mol. The first kappa shape index (κ1) is 29.4. The zero-order valence-corrected chi connectivity index (χ0v) is 12.1. The molecule has 0 unspecified atom stereocenters. The Morgan fingerprint density at radius 2 is 1.71 bits per heavy atom. The first-order valence-electron chi connectivity index (χ1n) is 3.39. The number of imidazole rings is 1. The quantitative estimate of drug-likeness (QED) is 0.779. The van der Waals surface area contributed by atoms with E-state index in [9.17, 15) is 0 Å². The van der Waals surface area contributed by atoms with Gasteiger partial charge in [0.1, 0.15) is 0 Å². The Morgan fingerprint density at radius 1 is 1.14 bits per heavy atom. The Morgan fingerprint density at radius 3 is 2.07 bits per heavy atom. The van der Waals surface area contributed by atoms with Crippen LogP contribution in [0.4, 0.5) is 0 Å². The SMILES string of the molecule is CCCCn1ccnc1.Cl.Cl.Cl.Cl.[Fe]. The van der Waals surface area contributed by atoms with Gasteiger partial charge < -0.3 is 4.57 Å². The average molecular weight is 326 g/mol. The first-order valence-corrected chi connectivity index (χ1v) is 3.39. The zero-order chi connectivity index (χ0) is 6.53. The number of aryl methyl sites for hydroxylation is 1. The standard InChI is InChI=1S/C7H12N2.4ClH.Fe/c1-2-3-5-9-6-4-8-7-9;;;;;/h4,6-7H,2-3,5H2,1H3;4*1H;. The van der Waals surface area contributed by atoms with Crippen LogP contribution >= 0.6 is 49.6 Å². The second-order valence-electron chi connectivity index (χ2n) is 2.15. The molecule has 14 heavy (non-hydrogen) atoms. The molecule has 0 bridgehead atoms. The minimum atomic E-state index is 0. The minimum Gasteiger partial charge on any atom is -0.337 e. The number of halogens is 4. The summed E-state index contributed by atoms with van der Waals surface area (Å²) in [5.41, 5.74) is 0. The molecule has 0 fully saturated rings. The van der Waals surface area contributed by atoms with Crippen molar-refractivity contribution in [3.05, 3.63) is 18.7 Å². The predicted octanol–water partition coefficient (Wildman–Crippen LogP) is 3.37. The molecule has 0 aliphatic rings. The van der Waals surface area contributed by atoms with E-state index in [2.05, 4.69) is 16.5 Å². The maximum absolute atomic E-state index is 3.94. The molecule has 0 atom stereocenters. The number of hydrogen-bond donors (Lipinski definition) is 0. The summed E-state index contributed by atoms with van der Waals surface area (Å²) < 4.78 is 2.10. The van der Waals surface area contributed by atoms with Gasteiger partial charge in [-0.2, -0.15) is 0 Å². The van der Waals surface area contributed by atoms with Crippen LogP contribution in [0.25, 0.3) is 0 Å². The van der Waals surface area contributed by atoms with Crippen molar-refractivity contribution in [2.24, 2.45) is 0 Å². The molecule has 0 amide bonds. The maximum Gasteiger partial charge on any atom is 0.0945 e. The summed E-state index contributed by atoms with van der Waals surface area (Å²) in [7, 11) is 0. The Balaban J connectivity index is -0.0000000540. The molecule has 0 saturated heterocycles. The van der Waals surface area contributed by atoms with Gasteiger partial charge in [0.2, 0.25) is 0 Å². The molecule has 0 aromatic carbocycles. The topological polar surface area (TPSA) is 17.8 Å². The number of aromatic nitrogens is 2. The summed E-state index contributed by atoms with van der Waals surface area (Å²) >= 11 is 0. The van der Waals surface area contributed by atoms with Gasteiger partial charge in [0.05, 0.1) is 6.33 Å². The number of nitrogens with zero attached hydrogens (tertiary/aromatic N) is 2. The van der Waals surface area contributed by atoms with E-state index in [4.69, 9.17) is 0 Å². The van der Waals surface area contributed by atoms with Crippen LogP contribution in [0.5, 0.6) is 0 Å². The molecule has 90 valence electrons. The zero-order valence-electron chi connectivity index (χ0n) is 7.73. The van der Waals surface area contributed by atoms with Crippen molar-refractivity contribution in [2.75, 3.05) is 0 Å². The maximum atomic E-state index is 3.94. The second kappa shape index (κ2) is 19.5. The number of hydrogen-bond acceptors (Lipinski definition) is 1. The van der Waals surface area contributed by atoms with Gasteiger partial charge >= 0.3 is 0 Å². The number of unbranched alkanes of at least 4 members (excludes halogenated alkanes) is 1. The van der Waals surface area contributed by atoms with E-state index in [1.54, 1.807) is 0 Å². The predicted molar refractivity (Wildman–Crippen MR) is 66.1 cm³/mol. The Kier molecular flexibility index (Phi) is 40.8. The minimum absolute atomic E-state index is 0. The van der Waals surface area contributed by atoms with Crippen molar-refractivity contribution in [1.29, 1.82) is 0 Å². The van der Waals surface area contributed by atoms with Crippen LogP contribution in [-0.2, 0) is 23.6 Å². The molecule has 1 rings (SSSR count). The Labute approximate surface area is 121 Å². The van der Waals surface area contributed by atoms with E-state index in [-0.39, 0.29) is 66.7 Å². The largest absolute Gasteiger partial charge is 0.337 e. The fraction of sp³-hybridized carbons (Fsp3) is 0.571. The summed E-state index contributed by atoms with van der Waals surface area (Å²) in [5.74, 6) is 0. The van der Waals surface area contributed by atoms with Crippen molar-refractivity contribution in [3.8, 4) is 0 Å². The van der Waals surface area contributed by atoms with Crippen LogP contribution in [0.3, 0.4) is 0 Å². The molecule has 0 spiro atoms. The summed E-state index contributed by atoms with van der Waals surface area (Å²) in [6.07, 6.45) is 8.16. The van der Waals surface area contributed by atoms with Gasteiger partial charge in [0, 0.05) is 36.0 Å². The molecular formula is C7H16Cl4FeN2. The fourth-order valence-electron chi connectivity index (χ4n) is 0.760. The second-order valence-corrected chi connectivity index (χ2v) is 2.15. The van der Waals surface area contributed by atoms with E-state index in [1.165, 1.54) is 12.8 Å². The van der Waals surface area contributed by atoms with Gasteiger partial charge in [0.15, 0.2) is 0 Å². The van der Waals surface area contributed by atoms with E-state index in [1.807, 2.05) is 18.7 Å². The van der Waals surface area contributed by atoms with Crippen LogP contribution in [0.1, 0.15) is 19.8 Å². The Bertz CT molecular complexity index is 161. The van der Waals surface area contributed by atoms with Crippen LogP contribution < -0.4 is 0 Å². The van der Waals surface area contributed by atoms with Crippen molar-refractivity contribution >= 4 is 49.6 Å². The van der Waals surface area contributed by atoms with Crippen LogP contribution in [0.2, 0.25) is 0 Å². The van der Waals surface area contributed by atoms with Gasteiger partial charge in [-0.25, -0.2) is 4.98 Å². The van der Waals surface area contributed by atoms with E-state index < -0.39 is 0 Å². The van der Waals surface area contributed by atoms with E-state index in [0.29, 0.717) is 0 Å². The van der Waals surface area contributed by atoms with Crippen LogP contribution in [0.15, 0.2) is 18.7 Å². The summed E-state index contributed by atoms with van der Waals surface area (Å²) in [4.78, 5) is 3.94. The fourth-order valence-corrected chi connectivity index (χ4v) is 0.760. The summed E-state index contributed by atoms with van der Waals surface area (Å²) in [6.45, 7) is 3.30. The van der Waals surface area contributed by atoms with Gasteiger partial charge in [-0.05, 0) is 6.42 Å². The van der Waals surface area contributed by atoms with Crippen molar-refractivity contribution in [2.45, 2.75) is 26.3 Å². The summed E-state index contributed by atoms with van der Waals surface area (Å²) in [5, 5.41) is 0. The molecule has 0 aliphatic heterocycles. The molecule has 0 saturated carbocycles. The molecule has 0 N–H and O–H groups in total. The van der Waals surface area contributed by atoms with E-state index >= 15 is 0 Å². The van der Waals surface area contributed by atoms with Gasteiger partial charge in [-0.1, -0.05) is 13.3 Å². The molecular weight excluding hydrogens is 310 g/mol. The Hall–Kier alpha value is 0.889. The molecule has 0 aliphatic carbocycles. The first-order chi connectivity index (χ1) is 4.43. The van der Waals surface area contributed by atoms with Crippen LogP contribution in [-0.4, -0.2) is 9.55 Å². The average Bonchev–Trinajstić information content (AvgIpc) is 2.34.